The number of fused-ring (bicyclic) bond motifs is 1. The number of rotatable bonds is 4. The highest BCUT2D eigenvalue weighted by atomic mass is 16.6. The van der Waals surface area contributed by atoms with Gasteiger partial charge in [0.2, 0.25) is 11.8 Å². The van der Waals surface area contributed by atoms with E-state index in [-0.39, 0.29) is 18.4 Å². The van der Waals surface area contributed by atoms with E-state index in [1.807, 2.05) is 43.9 Å². The summed E-state index contributed by atoms with van der Waals surface area (Å²) in [6.45, 7) is 10.3. The molecule has 0 spiro atoms. The number of carbonyl (C=O) groups excluding carboxylic acids is 3. The molecule has 5 rings (SSSR count). The Hall–Kier alpha value is -3.14. The molecule has 38 heavy (non-hydrogen) atoms. The lowest BCUT2D eigenvalue weighted by molar-refractivity contribution is -0.135. The lowest BCUT2D eigenvalue weighted by atomic mass is 9.88. The molecule has 1 aromatic carbocycles. The quantitative estimate of drug-likeness (QED) is 0.608. The molecule has 3 saturated heterocycles. The van der Waals surface area contributed by atoms with Gasteiger partial charge in [0.1, 0.15) is 11.6 Å². The number of benzene rings is 1. The van der Waals surface area contributed by atoms with E-state index in [0.717, 1.165) is 64.0 Å². The van der Waals surface area contributed by atoms with E-state index in [2.05, 4.69) is 10.2 Å². The summed E-state index contributed by atoms with van der Waals surface area (Å²) in [5.41, 5.74) is 1.75. The molecule has 1 atom stereocenters. The Kier molecular flexibility index (Phi) is 7.35. The zero-order valence-corrected chi connectivity index (χ0v) is 22.5. The standard InChI is InChI=1S/C28H38N4O6/c1-28(2,3)38-26(35)31-14-8-18(9-15-31)17-30-12-10-19(11-13-30)20-4-5-21-23(16-20)37-27(36)32(21)22-6-7-24(33)29-25(22)34/h4-5,16,18-19,22H,6-15,17H2,1-3H3,(H,29,33,34). The summed E-state index contributed by atoms with van der Waals surface area (Å²) in [4.78, 5) is 53.1. The van der Waals surface area contributed by atoms with Crippen LogP contribution in [0.2, 0.25) is 0 Å². The first-order valence-electron chi connectivity index (χ1n) is 13.8. The van der Waals surface area contributed by atoms with Gasteiger partial charge in [0.15, 0.2) is 5.58 Å². The van der Waals surface area contributed by atoms with Crippen LogP contribution in [0.4, 0.5) is 4.79 Å². The first-order valence-corrected chi connectivity index (χ1v) is 13.8. The van der Waals surface area contributed by atoms with E-state index in [0.29, 0.717) is 29.4 Å². The Labute approximate surface area is 222 Å². The fourth-order valence-electron chi connectivity index (χ4n) is 5.97. The Morgan fingerprint density at radius 1 is 1.03 bits per heavy atom. The van der Waals surface area contributed by atoms with Gasteiger partial charge in [0, 0.05) is 26.1 Å². The Bertz CT molecular complexity index is 1260. The molecular formula is C28H38N4O6. The minimum atomic E-state index is -0.730. The van der Waals surface area contributed by atoms with Crippen molar-refractivity contribution in [3.63, 3.8) is 0 Å². The van der Waals surface area contributed by atoms with Crippen LogP contribution in [0.3, 0.4) is 0 Å². The summed E-state index contributed by atoms with van der Waals surface area (Å²) < 4.78 is 12.4. The van der Waals surface area contributed by atoms with Crippen molar-refractivity contribution in [3.8, 4) is 0 Å². The SMILES string of the molecule is CC(C)(C)OC(=O)N1CCC(CN2CCC(c3ccc4c(c3)oc(=O)n4C3CCC(=O)NC3=O)CC2)CC1. The molecule has 3 aliphatic rings. The molecule has 206 valence electrons. The predicted octanol–water partition coefficient (Wildman–Crippen LogP) is 3.40. The summed E-state index contributed by atoms with van der Waals surface area (Å²) in [5.74, 6) is -0.374. The van der Waals surface area contributed by atoms with E-state index in [1.165, 1.54) is 4.57 Å². The van der Waals surface area contributed by atoms with E-state index in [9.17, 15) is 19.2 Å². The number of amides is 3. The molecule has 3 fully saturated rings. The molecular weight excluding hydrogens is 488 g/mol. The minimum Gasteiger partial charge on any atom is -0.444 e. The highest BCUT2D eigenvalue weighted by Crippen LogP contribution is 2.32. The number of hydrogen-bond donors (Lipinski definition) is 1. The van der Waals surface area contributed by atoms with Crippen LogP contribution >= 0.6 is 0 Å². The number of piperidine rings is 3. The largest absolute Gasteiger partial charge is 0.444 e. The van der Waals surface area contributed by atoms with Crippen LogP contribution in [-0.2, 0) is 14.3 Å². The van der Waals surface area contributed by atoms with Gasteiger partial charge < -0.3 is 19.0 Å². The first kappa shape index (κ1) is 26.5. The van der Waals surface area contributed by atoms with Crippen LogP contribution in [0.25, 0.3) is 11.1 Å². The molecule has 4 heterocycles. The maximum Gasteiger partial charge on any atom is 0.420 e. The van der Waals surface area contributed by atoms with Crippen LogP contribution in [0, 0.1) is 5.92 Å². The maximum atomic E-state index is 12.6. The van der Waals surface area contributed by atoms with Gasteiger partial charge >= 0.3 is 11.8 Å². The molecule has 3 amide bonds. The number of nitrogens with one attached hydrogen (secondary N) is 1. The number of ether oxygens (including phenoxy) is 1. The summed E-state index contributed by atoms with van der Waals surface area (Å²) >= 11 is 0. The van der Waals surface area contributed by atoms with Crippen LogP contribution in [0.5, 0.6) is 0 Å². The number of aromatic nitrogens is 1. The third kappa shape index (κ3) is 5.80. The van der Waals surface area contributed by atoms with E-state index in [1.54, 1.807) is 0 Å². The van der Waals surface area contributed by atoms with Crippen LogP contribution in [-0.4, -0.2) is 70.6 Å². The summed E-state index contributed by atoms with van der Waals surface area (Å²) in [6.07, 6.45) is 4.34. The zero-order chi connectivity index (χ0) is 27.0. The van der Waals surface area contributed by atoms with Gasteiger partial charge in [-0.2, -0.15) is 0 Å². The number of likely N-dealkylation sites (tertiary alicyclic amines) is 2. The lowest BCUT2D eigenvalue weighted by Crippen LogP contribution is -2.44. The Morgan fingerprint density at radius 3 is 2.39 bits per heavy atom. The van der Waals surface area contributed by atoms with Gasteiger partial charge in [0.05, 0.1) is 5.52 Å². The van der Waals surface area contributed by atoms with Gasteiger partial charge in [-0.25, -0.2) is 9.59 Å². The molecule has 1 N–H and O–H groups in total. The molecule has 10 nitrogen and oxygen atoms in total. The van der Waals surface area contributed by atoms with Crippen molar-refractivity contribution in [2.24, 2.45) is 5.92 Å². The van der Waals surface area contributed by atoms with Gasteiger partial charge in [0.25, 0.3) is 0 Å². The van der Waals surface area contributed by atoms with Crippen molar-refractivity contribution in [3.05, 3.63) is 34.3 Å². The monoisotopic (exact) mass is 526 g/mol. The summed E-state index contributed by atoms with van der Waals surface area (Å²) in [7, 11) is 0. The zero-order valence-electron chi connectivity index (χ0n) is 22.5. The van der Waals surface area contributed by atoms with Crippen molar-refractivity contribution in [2.75, 3.05) is 32.7 Å². The van der Waals surface area contributed by atoms with Crippen LogP contribution in [0.15, 0.2) is 27.4 Å². The van der Waals surface area contributed by atoms with E-state index >= 15 is 0 Å². The van der Waals surface area contributed by atoms with Crippen molar-refractivity contribution in [1.29, 1.82) is 0 Å². The fraction of sp³-hybridized carbons (Fsp3) is 0.643. The molecule has 0 bridgehead atoms. The average Bonchev–Trinajstić information content (AvgIpc) is 3.19. The first-order chi connectivity index (χ1) is 18.1. The molecule has 0 aliphatic carbocycles. The third-order valence-corrected chi connectivity index (χ3v) is 8.00. The summed E-state index contributed by atoms with van der Waals surface area (Å²) in [6, 6.07) is 5.11. The van der Waals surface area contributed by atoms with Gasteiger partial charge in [-0.3, -0.25) is 19.5 Å². The number of hydrogen-bond acceptors (Lipinski definition) is 7. The van der Waals surface area contributed by atoms with Crippen molar-refractivity contribution in [1.82, 2.24) is 19.7 Å². The van der Waals surface area contributed by atoms with Crippen LogP contribution < -0.4 is 11.1 Å². The molecule has 3 aliphatic heterocycles. The van der Waals surface area contributed by atoms with Crippen molar-refractivity contribution in [2.45, 2.75) is 76.9 Å². The highest BCUT2D eigenvalue weighted by Gasteiger charge is 2.32. The van der Waals surface area contributed by atoms with Crippen molar-refractivity contribution < 1.29 is 23.5 Å². The average molecular weight is 527 g/mol. The Morgan fingerprint density at radius 2 is 1.74 bits per heavy atom. The smallest absolute Gasteiger partial charge is 0.420 e. The normalized spacial score (nSPS) is 22.6. The molecule has 2 aromatic rings. The number of imide groups is 1. The second-order valence-corrected chi connectivity index (χ2v) is 11.9. The van der Waals surface area contributed by atoms with Gasteiger partial charge in [-0.1, -0.05) is 6.07 Å². The second kappa shape index (κ2) is 10.6. The van der Waals surface area contributed by atoms with Gasteiger partial charge in [-0.05, 0) is 95.5 Å². The third-order valence-electron chi connectivity index (χ3n) is 8.00. The highest BCUT2D eigenvalue weighted by molar-refractivity contribution is 6.00. The fourth-order valence-corrected chi connectivity index (χ4v) is 5.97. The van der Waals surface area contributed by atoms with Gasteiger partial charge in [-0.15, -0.1) is 0 Å². The minimum absolute atomic E-state index is 0.203. The molecule has 0 saturated carbocycles. The second-order valence-electron chi connectivity index (χ2n) is 11.9. The van der Waals surface area contributed by atoms with Crippen LogP contribution in [0.1, 0.15) is 76.8 Å². The summed E-state index contributed by atoms with van der Waals surface area (Å²) in [5, 5.41) is 2.31. The van der Waals surface area contributed by atoms with E-state index in [4.69, 9.17) is 9.15 Å². The van der Waals surface area contributed by atoms with Crippen molar-refractivity contribution >= 4 is 29.0 Å². The lowest BCUT2D eigenvalue weighted by Gasteiger charge is -2.38. The number of oxazole rings is 1. The number of nitrogens with zero attached hydrogens (tertiary/aromatic N) is 3. The van der Waals surface area contributed by atoms with E-state index < -0.39 is 23.3 Å². The molecule has 10 heteroatoms. The Balaban J connectivity index is 1.14. The number of carbonyl (C=O) groups is 3. The molecule has 1 aromatic heterocycles. The topological polar surface area (TPSA) is 114 Å². The molecule has 0 radical (unpaired) electrons. The maximum absolute atomic E-state index is 12.6. The predicted molar refractivity (Wildman–Crippen MR) is 141 cm³/mol. The molecule has 1 unspecified atom stereocenters.